The van der Waals surface area contributed by atoms with Gasteiger partial charge in [0.15, 0.2) is 0 Å². The molecule has 1 aliphatic rings. The van der Waals surface area contributed by atoms with Gasteiger partial charge in [-0.3, -0.25) is 9.59 Å². The lowest BCUT2D eigenvalue weighted by Gasteiger charge is -2.23. The van der Waals surface area contributed by atoms with Gasteiger partial charge in [0.25, 0.3) is 11.8 Å². The van der Waals surface area contributed by atoms with Gasteiger partial charge in [0.05, 0.1) is 30.4 Å². The van der Waals surface area contributed by atoms with E-state index < -0.39 is 0 Å². The van der Waals surface area contributed by atoms with Gasteiger partial charge in [-0.25, -0.2) is 4.98 Å². The fourth-order valence-corrected chi connectivity index (χ4v) is 4.82. The van der Waals surface area contributed by atoms with Crippen LogP contribution in [0.25, 0.3) is 11.0 Å². The van der Waals surface area contributed by atoms with Crippen LogP contribution in [0.5, 0.6) is 5.75 Å². The number of hydrogen-bond donors (Lipinski definition) is 2. The normalized spacial score (nSPS) is 13.4. The molecule has 2 heterocycles. The van der Waals surface area contributed by atoms with Crippen LogP contribution in [-0.4, -0.2) is 54.4 Å². The maximum absolute atomic E-state index is 13.5. The number of aromatic amines is 1. The number of nitrogens with one attached hydrogen (secondary N) is 2. The van der Waals surface area contributed by atoms with Crippen LogP contribution in [0.1, 0.15) is 44.9 Å². The summed E-state index contributed by atoms with van der Waals surface area (Å²) in [7, 11) is 5.45. The Hall–Kier alpha value is -4.17. The number of imidazole rings is 1. The van der Waals surface area contributed by atoms with Crippen molar-refractivity contribution in [3.63, 3.8) is 0 Å². The summed E-state index contributed by atoms with van der Waals surface area (Å²) in [5, 5.41) is 2.97. The molecule has 0 atom stereocenters. The minimum absolute atomic E-state index is 0.102. The predicted molar refractivity (Wildman–Crippen MR) is 145 cm³/mol. The SMILES string of the molecule is COc1cc(C(=O)N2CCCCc3ccccc32)ccc1C(=O)Nc1cccc2[nH]c(CN(C)C)nc12. The van der Waals surface area contributed by atoms with E-state index in [1.165, 1.54) is 12.7 Å². The number of rotatable bonds is 6. The Morgan fingerprint density at radius 1 is 1.08 bits per heavy atom. The third kappa shape index (κ3) is 5.06. The molecule has 0 spiro atoms. The molecule has 1 aromatic heterocycles. The number of aryl methyl sites for hydroxylation is 1. The highest BCUT2D eigenvalue weighted by Crippen LogP contribution is 2.30. The van der Waals surface area contributed by atoms with Crippen molar-refractivity contribution in [1.82, 2.24) is 14.9 Å². The number of carbonyl (C=O) groups is 2. The molecule has 2 N–H and O–H groups in total. The number of carbonyl (C=O) groups excluding carboxylic acids is 2. The highest BCUT2D eigenvalue weighted by molar-refractivity contribution is 6.11. The Morgan fingerprint density at radius 2 is 1.92 bits per heavy atom. The van der Waals surface area contributed by atoms with Crippen LogP contribution in [0.2, 0.25) is 0 Å². The van der Waals surface area contributed by atoms with E-state index in [2.05, 4.69) is 21.4 Å². The molecule has 37 heavy (non-hydrogen) atoms. The summed E-state index contributed by atoms with van der Waals surface area (Å²) in [4.78, 5) is 38.6. The van der Waals surface area contributed by atoms with Crippen molar-refractivity contribution in [2.75, 3.05) is 38.0 Å². The molecule has 4 aromatic rings. The molecule has 0 saturated carbocycles. The maximum atomic E-state index is 13.5. The maximum Gasteiger partial charge on any atom is 0.259 e. The number of fused-ring (bicyclic) bond motifs is 2. The molecule has 3 aromatic carbocycles. The molecule has 8 heteroatoms. The van der Waals surface area contributed by atoms with Crippen molar-refractivity contribution in [2.45, 2.75) is 25.8 Å². The van der Waals surface area contributed by atoms with Gasteiger partial charge in [-0.05, 0) is 75.3 Å². The molecule has 0 bridgehead atoms. The summed E-state index contributed by atoms with van der Waals surface area (Å²) < 4.78 is 5.55. The molecule has 5 rings (SSSR count). The van der Waals surface area contributed by atoms with Gasteiger partial charge >= 0.3 is 0 Å². The van der Waals surface area contributed by atoms with Gasteiger partial charge in [0, 0.05) is 17.8 Å². The Morgan fingerprint density at radius 3 is 2.73 bits per heavy atom. The molecule has 0 fully saturated rings. The number of hydrogen-bond acceptors (Lipinski definition) is 5. The third-order valence-corrected chi connectivity index (χ3v) is 6.57. The molecule has 8 nitrogen and oxygen atoms in total. The molecular formula is C29H31N5O3. The zero-order chi connectivity index (χ0) is 25.9. The zero-order valence-corrected chi connectivity index (χ0v) is 21.4. The van der Waals surface area contributed by atoms with Crippen molar-refractivity contribution < 1.29 is 14.3 Å². The first-order valence-corrected chi connectivity index (χ1v) is 12.5. The molecule has 1 aliphatic heterocycles. The van der Waals surface area contributed by atoms with Crippen molar-refractivity contribution in [2.24, 2.45) is 0 Å². The van der Waals surface area contributed by atoms with Gasteiger partial charge in [-0.1, -0.05) is 24.3 Å². The van der Waals surface area contributed by atoms with Gasteiger partial charge in [-0.15, -0.1) is 0 Å². The van der Waals surface area contributed by atoms with E-state index in [0.717, 1.165) is 36.3 Å². The number of H-pyrrole nitrogens is 1. The summed E-state index contributed by atoms with van der Waals surface area (Å²) in [6, 6.07) is 18.7. The average Bonchev–Trinajstić information content (AvgIpc) is 3.18. The third-order valence-electron chi connectivity index (χ3n) is 6.57. The second-order valence-corrected chi connectivity index (χ2v) is 9.53. The van der Waals surface area contributed by atoms with E-state index in [9.17, 15) is 9.59 Å². The van der Waals surface area contributed by atoms with Gasteiger partial charge in [0.1, 0.15) is 17.1 Å². The first-order chi connectivity index (χ1) is 17.9. The highest BCUT2D eigenvalue weighted by Gasteiger charge is 2.24. The summed E-state index contributed by atoms with van der Waals surface area (Å²) in [5.74, 6) is 0.723. The monoisotopic (exact) mass is 497 g/mol. The first kappa shape index (κ1) is 24.5. The Kier molecular flexibility index (Phi) is 6.92. The average molecular weight is 498 g/mol. The smallest absolute Gasteiger partial charge is 0.259 e. The molecule has 190 valence electrons. The van der Waals surface area contributed by atoms with E-state index >= 15 is 0 Å². The fraction of sp³-hybridized carbons (Fsp3) is 0.276. The predicted octanol–water partition coefficient (Wildman–Crippen LogP) is 4.87. The molecule has 2 amide bonds. The summed E-state index contributed by atoms with van der Waals surface area (Å²) >= 11 is 0. The van der Waals surface area contributed by atoms with Gasteiger partial charge < -0.3 is 24.8 Å². The van der Waals surface area contributed by atoms with Crippen LogP contribution in [0.3, 0.4) is 0 Å². The standard InChI is InChI=1S/C29H31N5O3/c1-33(2)18-26-30-22-11-8-12-23(27(22)32-26)31-28(35)21-15-14-20(17-25(21)37-3)29(36)34-16-7-6-10-19-9-4-5-13-24(19)34/h4-5,8-9,11-15,17H,6-7,10,16,18H2,1-3H3,(H,30,32)(H,31,35). The number of aromatic nitrogens is 2. The number of amides is 2. The Balaban J connectivity index is 1.41. The molecule has 0 aliphatic carbocycles. The summed E-state index contributed by atoms with van der Waals surface area (Å²) in [5.41, 5.74) is 5.10. The van der Waals surface area contributed by atoms with Crippen LogP contribution in [-0.2, 0) is 13.0 Å². The summed E-state index contributed by atoms with van der Waals surface area (Å²) in [6.45, 7) is 1.32. The van der Waals surface area contributed by atoms with Crippen molar-refractivity contribution >= 4 is 34.2 Å². The van der Waals surface area contributed by atoms with Crippen molar-refractivity contribution in [3.8, 4) is 5.75 Å². The van der Waals surface area contributed by atoms with E-state index in [1.807, 2.05) is 60.3 Å². The first-order valence-electron chi connectivity index (χ1n) is 12.5. The van der Waals surface area contributed by atoms with Crippen LogP contribution < -0.4 is 15.0 Å². The Labute approximate surface area is 216 Å². The largest absolute Gasteiger partial charge is 0.496 e. The van der Waals surface area contributed by atoms with Crippen molar-refractivity contribution in [1.29, 1.82) is 0 Å². The minimum Gasteiger partial charge on any atom is -0.496 e. The lowest BCUT2D eigenvalue weighted by Crippen LogP contribution is -2.31. The molecule has 0 unspecified atom stereocenters. The fourth-order valence-electron chi connectivity index (χ4n) is 4.82. The van der Waals surface area contributed by atoms with Crippen LogP contribution in [0.4, 0.5) is 11.4 Å². The van der Waals surface area contributed by atoms with Crippen molar-refractivity contribution in [3.05, 3.63) is 83.2 Å². The quantitative estimate of drug-likeness (QED) is 0.397. The van der Waals surface area contributed by atoms with E-state index in [-0.39, 0.29) is 11.8 Å². The number of anilines is 2. The second kappa shape index (κ2) is 10.4. The van der Waals surface area contributed by atoms with Gasteiger partial charge in [0.2, 0.25) is 0 Å². The molecule has 0 radical (unpaired) electrons. The molecular weight excluding hydrogens is 466 g/mol. The second-order valence-electron chi connectivity index (χ2n) is 9.53. The number of benzene rings is 3. The van der Waals surface area contributed by atoms with Crippen LogP contribution >= 0.6 is 0 Å². The number of nitrogens with zero attached hydrogens (tertiary/aromatic N) is 3. The highest BCUT2D eigenvalue weighted by atomic mass is 16.5. The van der Waals surface area contributed by atoms with E-state index in [4.69, 9.17) is 4.74 Å². The van der Waals surface area contributed by atoms with Crippen LogP contribution in [0.15, 0.2) is 60.7 Å². The number of para-hydroxylation sites is 2. The number of ether oxygens (including phenoxy) is 1. The van der Waals surface area contributed by atoms with Crippen LogP contribution in [0, 0.1) is 0 Å². The molecule has 0 saturated heterocycles. The zero-order valence-electron chi connectivity index (χ0n) is 21.4. The topological polar surface area (TPSA) is 90.6 Å². The Bertz CT molecular complexity index is 1460. The van der Waals surface area contributed by atoms with Gasteiger partial charge in [-0.2, -0.15) is 0 Å². The lowest BCUT2D eigenvalue weighted by molar-refractivity contribution is 0.0982. The van der Waals surface area contributed by atoms with E-state index in [1.54, 1.807) is 18.2 Å². The minimum atomic E-state index is -0.333. The lowest BCUT2D eigenvalue weighted by atomic mass is 10.1. The van der Waals surface area contributed by atoms with E-state index in [0.29, 0.717) is 41.2 Å². The number of methoxy groups -OCH3 is 1. The summed E-state index contributed by atoms with van der Waals surface area (Å²) in [6.07, 6.45) is 2.94.